The average Bonchev–Trinajstić information content (AvgIpc) is 3.00. The van der Waals surface area contributed by atoms with Crippen molar-refractivity contribution in [3.05, 3.63) is 35.9 Å². The molecule has 5 atom stereocenters. The van der Waals surface area contributed by atoms with Crippen LogP contribution in [0.4, 0.5) is 0 Å². The van der Waals surface area contributed by atoms with Crippen LogP contribution in [0.15, 0.2) is 30.3 Å². The van der Waals surface area contributed by atoms with Crippen molar-refractivity contribution in [1.82, 2.24) is 0 Å². The Kier molecular flexibility index (Phi) is 3.53. The summed E-state index contributed by atoms with van der Waals surface area (Å²) < 4.78 is 11.3. The summed E-state index contributed by atoms with van der Waals surface area (Å²) >= 11 is 0. The molecule has 1 spiro atoms. The third-order valence-electron chi connectivity index (χ3n) is 6.70. The second kappa shape index (κ2) is 5.41. The van der Waals surface area contributed by atoms with Crippen LogP contribution in [0.5, 0.6) is 0 Å². The van der Waals surface area contributed by atoms with Crippen LogP contribution in [0.1, 0.15) is 49.9 Å². The van der Waals surface area contributed by atoms with E-state index in [9.17, 15) is 14.4 Å². The Morgan fingerprint density at radius 2 is 1.88 bits per heavy atom. The third-order valence-corrected chi connectivity index (χ3v) is 6.70. The summed E-state index contributed by atoms with van der Waals surface area (Å²) in [4.78, 5) is 36.3. The van der Waals surface area contributed by atoms with Gasteiger partial charge in [0.25, 0.3) is 0 Å². The quantitative estimate of drug-likeness (QED) is 0.790. The molecule has 4 rings (SSSR count). The van der Waals surface area contributed by atoms with Crippen molar-refractivity contribution in [1.29, 1.82) is 0 Å². The first-order chi connectivity index (χ1) is 11.9. The summed E-state index contributed by atoms with van der Waals surface area (Å²) in [6.07, 6.45) is 1.98. The van der Waals surface area contributed by atoms with Crippen LogP contribution < -0.4 is 0 Å². The van der Waals surface area contributed by atoms with Gasteiger partial charge in [0.1, 0.15) is 6.10 Å². The SMILES string of the molecule is CC(=O)O[C@@H]1C(=O)C[C@@H]2C13CCC[C@H](OC(=O)c1ccccc1)[C@@]23C. The molecular weight excluding hydrogens is 320 g/mol. The van der Waals surface area contributed by atoms with E-state index in [1.165, 1.54) is 6.92 Å². The Hall–Kier alpha value is -2.17. The molecular formula is C20H22O5. The standard InChI is InChI=1S/C20H22O5/c1-12(21)24-17-14(22)11-15-19(2)16(9-6-10-20(15,17)19)25-18(23)13-7-4-3-5-8-13/h3-5,7-8,15-17H,6,9-11H2,1-2H3/t15-,16-,17+,19+,20?/m0/s1. The maximum absolute atomic E-state index is 12.5. The van der Waals surface area contributed by atoms with Crippen molar-refractivity contribution in [3.8, 4) is 0 Å². The summed E-state index contributed by atoms with van der Waals surface area (Å²) in [6, 6.07) is 8.95. The highest BCUT2D eigenvalue weighted by molar-refractivity contribution is 5.92. The van der Waals surface area contributed by atoms with Crippen molar-refractivity contribution < 1.29 is 23.9 Å². The summed E-state index contributed by atoms with van der Waals surface area (Å²) in [5, 5.41) is 0. The molecule has 0 heterocycles. The first-order valence-corrected chi connectivity index (χ1v) is 8.87. The lowest BCUT2D eigenvalue weighted by molar-refractivity contribution is -0.159. The van der Waals surface area contributed by atoms with Crippen molar-refractivity contribution in [2.24, 2.45) is 16.7 Å². The topological polar surface area (TPSA) is 69.7 Å². The fourth-order valence-corrected chi connectivity index (χ4v) is 5.57. The van der Waals surface area contributed by atoms with Crippen LogP contribution in [0.3, 0.4) is 0 Å². The zero-order chi connectivity index (χ0) is 17.8. The summed E-state index contributed by atoms with van der Waals surface area (Å²) in [7, 11) is 0. The molecule has 0 aromatic heterocycles. The highest BCUT2D eigenvalue weighted by atomic mass is 16.6. The van der Waals surface area contributed by atoms with Crippen LogP contribution in [-0.4, -0.2) is 29.9 Å². The summed E-state index contributed by atoms with van der Waals surface area (Å²) in [5.74, 6) is -0.615. The fraction of sp³-hybridized carbons (Fsp3) is 0.550. The monoisotopic (exact) mass is 342 g/mol. The Labute approximate surface area is 146 Å². The number of carbonyl (C=O) groups excluding carboxylic acids is 3. The number of fused-ring (bicyclic) bond motifs is 1. The Balaban J connectivity index is 1.58. The van der Waals surface area contributed by atoms with Gasteiger partial charge in [-0.05, 0) is 37.3 Å². The third kappa shape index (κ3) is 2.11. The van der Waals surface area contributed by atoms with Crippen molar-refractivity contribution in [2.45, 2.75) is 51.7 Å². The number of hydrogen-bond donors (Lipinski definition) is 0. The van der Waals surface area contributed by atoms with Gasteiger partial charge in [-0.3, -0.25) is 9.59 Å². The molecule has 3 saturated carbocycles. The Bertz CT molecular complexity index is 742. The van der Waals surface area contributed by atoms with Crippen LogP contribution in [-0.2, 0) is 19.1 Å². The molecule has 5 heteroatoms. The second-order valence-corrected chi connectivity index (χ2v) is 7.69. The zero-order valence-corrected chi connectivity index (χ0v) is 14.5. The molecule has 1 aromatic rings. The molecule has 0 amide bonds. The van der Waals surface area contributed by atoms with Crippen molar-refractivity contribution >= 4 is 17.7 Å². The lowest BCUT2D eigenvalue weighted by atomic mass is 9.74. The smallest absolute Gasteiger partial charge is 0.338 e. The van der Waals surface area contributed by atoms with E-state index in [4.69, 9.17) is 9.47 Å². The van der Waals surface area contributed by atoms with E-state index in [2.05, 4.69) is 6.92 Å². The number of esters is 2. The van der Waals surface area contributed by atoms with E-state index in [-0.39, 0.29) is 34.6 Å². The van der Waals surface area contributed by atoms with Crippen LogP contribution in [0, 0.1) is 16.7 Å². The second-order valence-electron chi connectivity index (χ2n) is 7.69. The number of hydrogen-bond acceptors (Lipinski definition) is 5. The number of rotatable bonds is 3. The molecule has 0 saturated heterocycles. The van der Waals surface area contributed by atoms with Gasteiger partial charge in [-0.2, -0.15) is 0 Å². The van der Waals surface area contributed by atoms with Crippen molar-refractivity contribution in [2.75, 3.05) is 0 Å². The number of ether oxygens (including phenoxy) is 2. The molecule has 0 N–H and O–H groups in total. The predicted molar refractivity (Wildman–Crippen MR) is 88.7 cm³/mol. The van der Waals surface area contributed by atoms with Gasteiger partial charge in [-0.1, -0.05) is 25.1 Å². The Morgan fingerprint density at radius 1 is 1.16 bits per heavy atom. The number of carbonyl (C=O) groups is 3. The maximum Gasteiger partial charge on any atom is 0.338 e. The van der Waals surface area contributed by atoms with E-state index >= 15 is 0 Å². The van der Waals surface area contributed by atoms with Gasteiger partial charge in [0.2, 0.25) is 0 Å². The minimum atomic E-state index is -0.682. The lowest BCUT2D eigenvalue weighted by Crippen LogP contribution is -2.44. The van der Waals surface area contributed by atoms with E-state index < -0.39 is 12.1 Å². The largest absolute Gasteiger partial charge is 0.458 e. The molecule has 3 aliphatic carbocycles. The van der Waals surface area contributed by atoms with Gasteiger partial charge in [0, 0.05) is 24.2 Å². The molecule has 3 aliphatic rings. The minimum absolute atomic E-state index is 0.00714. The molecule has 5 nitrogen and oxygen atoms in total. The van der Waals surface area contributed by atoms with Gasteiger partial charge in [0.15, 0.2) is 11.9 Å². The lowest BCUT2D eigenvalue weighted by Gasteiger charge is -2.37. The van der Waals surface area contributed by atoms with Crippen molar-refractivity contribution in [3.63, 3.8) is 0 Å². The Morgan fingerprint density at radius 3 is 2.56 bits per heavy atom. The molecule has 0 bridgehead atoms. The van der Waals surface area contributed by atoms with E-state index in [1.54, 1.807) is 12.1 Å². The fourth-order valence-electron chi connectivity index (χ4n) is 5.57. The number of Topliss-reactive ketones (excluding diaryl/α,β-unsaturated/α-hetero) is 1. The highest BCUT2D eigenvalue weighted by Gasteiger charge is 2.85. The van der Waals surface area contributed by atoms with Crippen LogP contribution >= 0.6 is 0 Å². The van der Waals surface area contributed by atoms with Crippen LogP contribution in [0.2, 0.25) is 0 Å². The molecule has 1 unspecified atom stereocenters. The van der Waals surface area contributed by atoms with Gasteiger partial charge < -0.3 is 9.47 Å². The normalized spacial score (nSPS) is 38.5. The first kappa shape index (κ1) is 16.3. The van der Waals surface area contributed by atoms with Crippen LogP contribution in [0.25, 0.3) is 0 Å². The zero-order valence-electron chi connectivity index (χ0n) is 14.5. The maximum atomic E-state index is 12.5. The molecule has 3 fully saturated rings. The van der Waals surface area contributed by atoms with E-state index in [0.29, 0.717) is 12.0 Å². The van der Waals surface area contributed by atoms with Gasteiger partial charge in [0.05, 0.1) is 5.56 Å². The predicted octanol–water partition coefficient (Wildman–Crippen LogP) is 2.92. The molecule has 25 heavy (non-hydrogen) atoms. The number of benzene rings is 1. The van der Waals surface area contributed by atoms with Gasteiger partial charge in [-0.25, -0.2) is 4.79 Å². The molecule has 1 aromatic carbocycles. The summed E-state index contributed by atoms with van der Waals surface area (Å²) in [6.45, 7) is 3.43. The highest BCUT2D eigenvalue weighted by Crippen LogP contribution is 2.82. The molecule has 132 valence electrons. The molecule has 0 radical (unpaired) electrons. The first-order valence-electron chi connectivity index (χ1n) is 8.87. The minimum Gasteiger partial charge on any atom is -0.458 e. The number of ketones is 1. The van der Waals surface area contributed by atoms with Gasteiger partial charge in [-0.15, -0.1) is 0 Å². The molecule has 0 aliphatic heterocycles. The van der Waals surface area contributed by atoms with E-state index in [0.717, 1.165) is 19.3 Å². The van der Waals surface area contributed by atoms with Gasteiger partial charge >= 0.3 is 11.9 Å². The van der Waals surface area contributed by atoms with E-state index in [1.807, 2.05) is 18.2 Å². The summed E-state index contributed by atoms with van der Waals surface area (Å²) in [5.41, 5.74) is -0.108. The average molecular weight is 342 g/mol.